The minimum Gasteiger partial charge on any atom is -0.481 e. The normalized spacial score (nSPS) is 19.0. The van der Waals surface area contributed by atoms with Crippen LogP contribution in [-0.4, -0.2) is 41.6 Å². The molecule has 2 aliphatic rings. The molecule has 1 atom stereocenters. The second-order valence-corrected chi connectivity index (χ2v) is 6.48. The van der Waals surface area contributed by atoms with Gasteiger partial charge in [-0.15, -0.1) is 0 Å². The Hall–Kier alpha value is -2.97. The lowest BCUT2D eigenvalue weighted by Gasteiger charge is -2.24. The van der Waals surface area contributed by atoms with Gasteiger partial charge in [-0.3, -0.25) is 9.59 Å². The van der Waals surface area contributed by atoms with Crippen LogP contribution in [0.3, 0.4) is 0 Å². The maximum Gasteiger partial charge on any atom is 0.261 e. The van der Waals surface area contributed by atoms with Crippen LogP contribution < -0.4 is 10.1 Å². The first-order valence-corrected chi connectivity index (χ1v) is 8.68. The fourth-order valence-corrected chi connectivity index (χ4v) is 3.52. The highest BCUT2D eigenvalue weighted by atomic mass is 19.1. The Labute approximate surface area is 153 Å². The second kappa shape index (κ2) is 6.98. The van der Waals surface area contributed by atoms with Gasteiger partial charge in [0.25, 0.3) is 11.8 Å². The Morgan fingerprint density at radius 3 is 3.07 bits per heavy atom. The van der Waals surface area contributed by atoms with E-state index in [2.05, 4.69) is 10.5 Å². The number of nitrogens with zero attached hydrogens (tertiary/aromatic N) is 2. The number of nitrogens with one attached hydrogen (secondary N) is 1. The van der Waals surface area contributed by atoms with E-state index in [4.69, 9.17) is 9.26 Å². The number of ether oxygens (including phenoxy) is 1. The molecule has 1 unspecified atom stereocenters. The Morgan fingerprint density at radius 2 is 2.26 bits per heavy atom. The Kier molecular flexibility index (Phi) is 4.51. The number of amides is 2. The van der Waals surface area contributed by atoms with Crippen LogP contribution in [-0.2, 0) is 11.2 Å². The third kappa shape index (κ3) is 3.24. The summed E-state index contributed by atoms with van der Waals surface area (Å²) in [5.74, 6) is -1.88. The molecule has 27 heavy (non-hydrogen) atoms. The smallest absolute Gasteiger partial charge is 0.261 e. The maximum atomic E-state index is 13.7. The summed E-state index contributed by atoms with van der Waals surface area (Å²) in [6.45, 7) is 0.568. The van der Waals surface area contributed by atoms with Gasteiger partial charge >= 0.3 is 0 Å². The number of hydrogen-bond acceptors (Lipinski definition) is 5. The van der Waals surface area contributed by atoms with Gasteiger partial charge in [-0.1, -0.05) is 5.16 Å². The summed E-state index contributed by atoms with van der Waals surface area (Å²) >= 11 is 0. The van der Waals surface area contributed by atoms with Crippen LogP contribution in [0.4, 0.5) is 8.78 Å². The van der Waals surface area contributed by atoms with Crippen molar-refractivity contribution in [1.82, 2.24) is 15.4 Å². The van der Waals surface area contributed by atoms with Gasteiger partial charge in [-0.2, -0.15) is 0 Å². The van der Waals surface area contributed by atoms with Crippen LogP contribution in [0.15, 0.2) is 22.7 Å². The highest BCUT2D eigenvalue weighted by molar-refractivity contribution is 5.97. The van der Waals surface area contributed by atoms with E-state index in [1.54, 1.807) is 4.90 Å². The monoisotopic (exact) mass is 377 g/mol. The van der Waals surface area contributed by atoms with Crippen molar-refractivity contribution < 1.29 is 27.6 Å². The van der Waals surface area contributed by atoms with Gasteiger partial charge in [0.1, 0.15) is 17.1 Å². The molecule has 0 saturated carbocycles. The molecule has 2 aliphatic heterocycles. The van der Waals surface area contributed by atoms with Crippen molar-refractivity contribution in [1.29, 1.82) is 0 Å². The molecule has 2 aromatic rings. The first-order chi connectivity index (χ1) is 13.0. The van der Waals surface area contributed by atoms with Crippen LogP contribution in [0.5, 0.6) is 5.75 Å². The van der Waals surface area contributed by atoms with Crippen molar-refractivity contribution in [3.8, 4) is 5.75 Å². The standard InChI is InChI=1S/C18H17F2N3O4/c19-10-3-4-13(11(20)8-10)26-9-15(24)23-7-1-2-12(23)17-16-14(27-22-17)5-6-21-18(16)25/h3-4,8,12H,1-2,5-7,9H2,(H,21,25). The average molecular weight is 377 g/mol. The summed E-state index contributed by atoms with van der Waals surface area (Å²) in [6, 6.07) is 2.49. The SMILES string of the molecule is O=C1NCCc2onc(C3CCCN3C(=O)COc3ccc(F)cc3F)c21. The quantitative estimate of drug-likeness (QED) is 0.881. The molecule has 0 bridgehead atoms. The van der Waals surface area contributed by atoms with Gasteiger partial charge in [-0.25, -0.2) is 8.78 Å². The van der Waals surface area contributed by atoms with Crippen LogP contribution in [0.1, 0.15) is 40.7 Å². The summed E-state index contributed by atoms with van der Waals surface area (Å²) in [4.78, 5) is 26.3. The molecule has 9 heteroatoms. The van der Waals surface area contributed by atoms with Crippen molar-refractivity contribution >= 4 is 11.8 Å². The largest absolute Gasteiger partial charge is 0.481 e. The van der Waals surface area contributed by atoms with E-state index in [1.807, 2.05) is 0 Å². The van der Waals surface area contributed by atoms with Crippen LogP contribution >= 0.6 is 0 Å². The Morgan fingerprint density at radius 1 is 1.41 bits per heavy atom. The molecule has 1 fully saturated rings. The highest BCUT2D eigenvalue weighted by Gasteiger charge is 2.37. The predicted octanol–water partition coefficient (Wildman–Crippen LogP) is 1.98. The van der Waals surface area contributed by atoms with E-state index in [9.17, 15) is 18.4 Å². The average Bonchev–Trinajstić information content (AvgIpc) is 3.28. The number of hydrogen-bond donors (Lipinski definition) is 1. The van der Waals surface area contributed by atoms with Gasteiger partial charge in [0.05, 0.1) is 6.04 Å². The molecule has 0 radical (unpaired) electrons. The molecule has 1 aromatic carbocycles. The lowest BCUT2D eigenvalue weighted by atomic mass is 10.0. The summed E-state index contributed by atoms with van der Waals surface area (Å²) < 4.78 is 37.1. The van der Waals surface area contributed by atoms with Crippen molar-refractivity contribution in [2.24, 2.45) is 0 Å². The van der Waals surface area contributed by atoms with Gasteiger partial charge < -0.3 is 19.5 Å². The lowest BCUT2D eigenvalue weighted by Crippen LogP contribution is -2.37. The van der Waals surface area contributed by atoms with E-state index in [0.29, 0.717) is 49.0 Å². The van der Waals surface area contributed by atoms with E-state index >= 15 is 0 Å². The van der Waals surface area contributed by atoms with Crippen molar-refractivity contribution in [2.45, 2.75) is 25.3 Å². The van der Waals surface area contributed by atoms with Crippen molar-refractivity contribution in [3.63, 3.8) is 0 Å². The number of carbonyl (C=O) groups excluding carboxylic acids is 2. The number of halogens is 2. The van der Waals surface area contributed by atoms with E-state index < -0.39 is 24.3 Å². The first-order valence-electron chi connectivity index (χ1n) is 8.68. The zero-order valence-electron chi connectivity index (χ0n) is 14.3. The second-order valence-electron chi connectivity index (χ2n) is 6.48. The number of benzene rings is 1. The van der Waals surface area contributed by atoms with E-state index in [-0.39, 0.29) is 17.6 Å². The van der Waals surface area contributed by atoms with E-state index in [1.165, 1.54) is 0 Å². The molecule has 0 spiro atoms. The minimum absolute atomic E-state index is 0.196. The third-order valence-corrected chi connectivity index (χ3v) is 4.79. The summed E-state index contributed by atoms with van der Waals surface area (Å²) in [5.41, 5.74) is 0.845. The van der Waals surface area contributed by atoms with Gasteiger partial charge in [0.2, 0.25) is 0 Å². The van der Waals surface area contributed by atoms with Gasteiger partial charge in [0, 0.05) is 25.6 Å². The molecule has 1 saturated heterocycles. The molecule has 3 heterocycles. The molecule has 1 aromatic heterocycles. The number of likely N-dealkylation sites (tertiary alicyclic amines) is 1. The van der Waals surface area contributed by atoms with Gasteiger partial charge in [-0.05, 0) is 25.0 Å². The number of carbonyl (C=O) groups is 2. The molecular formula is C18H17F2N3O4. The Balaban J connectivity index is 1.49. The zero-order valence-corrected chi connectivity index (χ0v) is 14.3. The summed E-state index contributed by atoms with van der Waals surface area (Å²) in [6.07, 6.45) is 1.94. The molecule has 1 N–H and O–H groups in total. The summed E-state index contributed by atoms with van der Waals surface area (Å²) in [5, 5.41) is 6.78. The predicted molar refractivity (Wildman–Crippen MR) is 88.1 cm³/mol. The fraction of sp³-hybridized carbons (Fsp3) is 0.389. The Bertz CT molecular complexity index is 899. The van der Waals surface area contributed by atoms with Crippen LogP contribution in [0.2, 0.25) is 0 Å². The molecule has 142 valence electrons. The number of fused-ring (bicyclic) bond motifs is 1. The summed E-state index contributed by atoms with van der Waals surface area (Å²) in [7, 11) is 0. The molecule has 2 amide bonds. The maximum absolute atomic E-state index is 13.7. The highest BCUT2D eigenvalue weighted by Crippen LogP contribution is 2.35. The van der Waals surface area contributed by atoms with E-state index in [0.717, 1.165) is 18.6 Å². The number of rotatable bonds is 4. The molecule has 4 rings (SSSR count). The topological polar surface area (TPSA) is 84.7 Å². The fourth-order valence-electron chi connectivity index (χ4n) is 3.52. The van der Waals surface area contributed by atoms with Crippen LogP contribution in [0, 0.1) is 11.6 Å². The van der Waals surface area contributed by atoms with Crippen molar-refractivity contribution in [2.75, 3.05) is 19.7 Å². The molecular weight excluding hydrogens is 360 g/mol. The lowest BCUT2D eigenvalue weighted by molar-refractivity contribution is -0.134. The van der Waals surface area contributed by atoms with Gasteiger partial charge in [0.15, 0.2) is 23.9 Å². The van der Waals surface area contributed by atoms with Crippen LogP contribution in [0.25, 0.3) is 0 Å². The third-order valence-electron chi connectivity index (χ3n) is 4.79. The van der Waals surface area contributed by atoms with Crippen molar-refractivity contribution in [3.05, 3.63) is 46.9 Å². The minimum atomic E-state index is -0.872. The number of aromatic nitrogens is 1. The molecule has 7 nitrogen and oxygen atoms in total. The first kappa shape index (κ1) is 17.4. The molecule has 0 aliphatic carbocycles. The zero-order chi connectivity index (χ0) is 19.0.